The average molecular weight is 498 g/mol. The summed E-state index contributed by atoms with van der Waals surface area (Å²) in [6, 6.07) is 15.5. The van der Waals surface area contributed by atoms with Crippen molar-refractivity contribution in [1.29, 1.82) is 0 Å². The number of nitrogens with one attached hydrogen (secondary N) is 1. The number of para-hydroxylation sites is 1. The summed E-state index contributed by atoms with van der Waals surface area (Å²) in [5.41, 5.74) is 2.83. The summed E-state index contributed by atoms with van der Waals surface area (Å²) in [7, 11) is -2.48. The fourth-order valence-electron chi connectivity index (χ4n) is 4.39. The van der Waals surface area contributed by atoms with Gasteiger partial charge >= 0.3 is 5.97 Å². The molecule has 0 amide bonds. The number of aromatic nitrogens is 1. The third-order valence-corrected chi connectivity index (χ3v) is 7.67. The van der Waals surface area contributed by atoms with Crippen LogP contribution in [0.2, 0.25) is 0 Å². The number of methoxy groups -OCH3 is 1. The van der Waals surface area contributed by atoms with Crippen LogP contribution in [0, 0.1) is 6.92 Å². The first-order valence-corrected chi connectivity index (χ1v) is 13.3. The molecule has 1 aromatic heterocycles. The molecule has 1 N–H and O–H groups in total. The van der Waals surface area contributed by atoms with E-state index in [4.69, 9.17) is 9.47 Å². The van der Waals surface area contributed by atoms with Gasteiger partial charge in [-0.1, -0.05) is 24.6 Å². The van der Waals surface area contributed by atoms with Crippen molar-refractivity contribution in [3.63, 3.8) is 0 Å². The van der Waals surface area contributed by atoms with Crippen LogP contribution in [-0.4, -0.2) is 57.1 Å². The van der Waals surface area contributed by atoms with Crippen LogP contribution in [0.25, 0.3) is 10.9 Å². The van der Waals surface area contributed by atoms with Crippen molar-refractivity contribution >= 4 is 26.9 Å². The summed E-state index contributed by atoms with van der Waals surface area (Å²) in [5, 5.41) is 1.02. The maximum atomic E-state index is 12.9. The molecule has 1 aliphatic rings. The summed E-state index contributed by atoms with van der Waals surface area (Å²) in [5.74, 6) is 0.125. The van der Waals surface area contributed by atoms with Crippen LogP contribution in [0.4, 0.5) is 0 Å². The maximum Gasteiger partial charge on any atom is 0.324 e. The van der Waals surface area contributed by atoms with Gasteiger partial charge in [0.1, 0.15) is 18.4 Å². The van der Waals surface area contributed by atoms with Gasteiger partial charge in [0.05, 0.1) is 17.5 Å². The van der Waals surface area contributed by atoms with E-state index >= 15 is 0 Å². The first-order chi connectivity index (χ1) is 16.9. The van der Waals surface area contributed by atoms with Crippen LogP contribution in [0.5, 0.6) is 5.75 Å². The number of ether oxygens (including phenoxy) is 2. The van der Waals surface area contributed by atoms with Crippen molar-refractivity contribution in [1.82, 2.24) is 14.6 Å². The fourth-order valence-corrected chi connectivity index (χ4v) is 5.43. The van der Waals surface area contributed by atoms with Gasteiger partial charge in [0, 0.05) is 23.2 Å². The predicted molar refractivity (Wildman–Crippen MR) is 134 cm³/mol. The lowest BCUT2D eigenvalue weighted by Gasteiger charge is -2.32. The topological polar surface area (TPSA) is 97.8 Å². The van der Waals surface area contributed by atoms with E-state index in [2.05, 4.69) is 9.71 Å². The Labute approximate surface area is 206 Å². The molecule has 0 saturated carbocycles. The normalized spacial score (nSPS) is 15.6. The van der Waals surface area contributed by atoms with Crippen LogP contribution in [0.3, 0.4) is 0 Å². The quantitative estimate of drug-likeness (QED) is 0.452. The molecule has 1 atom stereocenters. The number of fused-ring (bicyclic) bond motifs is 1. The Bertz CT molecular complexity index is 1270. The van der Waals surface area contributed by atoms with Crippen molar-refractivity contribution < 1.29 is 22.7 Å². The van der Waals surface area contributed by atoms with Gasteiger partial charge in [-0.2, -0.15) is 0 Å². The predicted octanol–water partition coefficient (Wildman–Crippen LogP) is 3.43. The molecule has 1 fully saturated rings. The monoisotopic (exact) mass is 497 g/mol. The van der Waals surface area contributed by atoms with E-state index in [0.29, 0.717) is 12.4 Å². The van der Waals surface area contributed by atoms with Crippen LogP contribution in [0.15, 0.2) is 59.5 Å². The van der Waals surface area contributed by atoms with Gasteiger partial charge in [-0.25, -0.2) is 13.1 Å². The highest BCUT2D eigenvalue weighted by atomic mass is 32.2. The number of sulfonamides is 1. The van der Waals surface area contributed by atoms with Crippen LogP contribution in [-0.2, 0) is 26.2 Å². The van der Waals surface area contributed by atoms with E-state index in [9.17, 15) is 13.2 Å². The minimum atomic E-state index is -3.80. The van der Waals surface area contributed by atoms with Gasteiger partial charge in [0.15, 0.2) is 0 Å². The number of esters is 1. The Balaban J connectivity index is 1.41. The number of aryl methyl sites for hydroxylation is 1. The first kappa shape index (κ1) is 25.1. The Morgan fingerprint density at radius 2 is 1.80 bits per heavy atom. The second-order valence-corrected chi connectivity index (χ2v) is 10.5. The minimum Gasteiger partial charge on any atom is -0.489 e. The van der Waals surface area contributed by atoms with Crippen molar-refractivity contribution in [3.05, 3.63) is 65.9 Å². The smallest absolute Gasteiger partial charge is 0.324 e. The molecule has 2 aromatic carbocycles. The molecule has 0 unspecified atom stereocenters. The van der Waals surface area contributed by atoms with Gasteiger partial charge in [-0.05, 0) is 69.3 Å². The van der Waals surface area contributed by atoms with E-state index in [0.717, 1.165) is 54.5 Å². The molecule has 2 heterocycles. The van der Waals surface area contributed by atoms with Crippen LogP contribution < -0.4 is 9.46 Å². The molecule has 3 aromatic rings. The molecule has 0 bridgehead atoms. The number of likely N-dealkylation sites (tertiary alicyclic amines) is 1. The molecule has 35 heavy (non-hydrogen) atoms. The third kappa shape index (κ3) is 6.17. The maximum absolute atomic E-state index is 12.9. The standard InChI is InChI=1S/C26H31N3O5S/c1-19-16-20(23-8-4-5-9-24(23)28-19)18-34-21-10-12-22(13-11-21)35(31,32)27-17-25(26(30)33-2)29-14-6-3-7-15-29/h4-5,8-13,16,25,27H,3,6-7,14-15,17-18H2,1-2H3/t25-/m0/s1. The molecule has 0 radical (unpaired) electrons. The summed E-state index contributed by atoms with van der Waals surface area (Å²) in [4.78, 5) is 18.9. The summed E-state index contributed by atoms with van der Waals surface area (Å²) < 4.78 is 39.2. The highest BCUT2D eigenvalue weighted by molar-refractivity contribution is 7.89. The molecule has 4 rings (SSSR count). The number of hydrogen-bond donors (Lipinski definition) is 1. The number of piperidine rings is 1. The molecule has 0 spiro atoms. The number of pyridine rings is 1. The van der Waals surface area contributed by atoms with Gasteiger partial charge in [0.25, 0.3) is 0 Å². The second kappa shape index (κ2) is 11.2. The zero-order valence-corrected chi connectivity index (χ0v) is 20.9. The molecule has 0 aliphatic carbocycles. The van der Waals surface area contributed by atoms with Crippen molar-refractivity contribution in [2.45, 2.75) is 43.7 Å². The summed E-state index contributed by atoms with van der Waals surface area (Å²) in [6.45, 7) is 3.74. The highest BCUT2D eigenvalue weighted by Gasteiger charge is 2.29. The van der Waals surface area contributed by atoms with E-state index in [1.54, 1.807) is 12.1 Å². The number of rotatable bonds is 9. The zero-order chi connectivity index (χ0) is 24.8. The summed E-state index contributed by atoms with van der Waals surface area (Å²) >= 11 is 0. The van der Waals surface area contributed by atoms with Crippen molar-refractivity contribution in [3.8, 4) is 5.75 Å². The number of carbonyl (C=O) groups excluding carboxylic acids is 1. The number of benzene rings is 2. The van der Waals surface area contributed by atoms with Gasteiger partial charge < -0.3 is 9.47 Å². The molecule has 9 heteroatoms. The minimum absolute atomic E-state index is 0.0400. The lowest BCUT2D eigenvalue weighted by Crippen LogP contribution is -2.50. The number of carbonyl (C=O) groups is 1. The molecular formula is C26H31N3O5S. The van der Waals surface area contributed by atoms with E-state index in [-0.39, 0.29) is 11.4 Å². The zero-order valence-electron chi connectivity index (χ0n) is 20.1. The molecule has 1 saturated heterocycles. The highest BCUT2D eigenvalue weighted by Crippen LogP contribution is 2.22. The van der Waals surface area contributed by atoms with Gasteiger partial charge in [-0.15, -0.1) is 0 Å². The largest absolute Gasteiger partial charge is 0.489 e. The molecular weight excluding hydrogens is 466 g/mol. The first-order valence-electron chi connectivity index (χ1n) is 11.8. The Morgan fingerprint density at radius 1 is 1.09 bits per heavy atom. The number of hydrogen-bond acceptors (Lipinski definition) is 7. The molecule has 186 valence electrons. The fraction of sp³-hybridized carbons (Fsp3) is 0.385. The Morgan fingerprint density at radius 3 is 2.51 bits per heavy atom. The number of nitrogens with zero attached hydrogens (tertiary/aromatic N) is 2. The SMILES string of the molecule is COC(=O)[C@H](CNS(=O)(=O)c1ccc(OCc2cc(C)nc3ccccc23)cc1)N1CCCCC1. The lowest BCUT2D eigenvalue weighted by molar-refractivity contribution is -0.147. The van der Waals surface area contributed by atoms with Crippen molar-refractivity contribution in [2.24, 2.45) is 0 Å². The van der Waals surface area contributed by atoms with Crippen molar-refractivity contribution in [2.75, 3.05) is 26.7 Å². The lowest BCUT2D eigenvalue weighted by atomic mass is 10.1. The van der Waals surface area contributed by atoms with E-state index < -0.39 is 22.0 Å². The van der Waals surface area contributed by atoms with E-state index in [1.807, 2.05) is 42.2 Å². The Kier molecular flexibility index (Phi) is 8.00. The molecule has 1 aliphatic heterocycles. The third-order valence-electron chi connectivity index (χ3n) is 6.23. The van der Waals surface area contributed by atoms with Crippen LogP contribution in [0.1, 0.15) is 30.5 Å². The Hall–Kier alpha value is -3.01. The molecule has 8 nitrogen and oxygen atoms in total. The average Bonchev–Trinajstić information content (AvgIpc) is 2.88. The van der Waals surface area contributed by atoms with Gasteiger partial charge in [-0.3, -0.25) is 14.7 Å². The summed E-state index contributed by atoms with van der Waals surface area (Å²) in [6.07, 6.45) is 3.08. The van der Waals surface area contributed by atoms with Gasteiger partial charge in [0.2, 0.25) is 10.0 Å². The van der Waals surface area contributed by atoms with E-state index in [1.165, 1.54) is 19.2 Å². The second-order valence-electron chi connectivity index (χ2n) is 8.69. The van der Waals surface area contributed by atoms with Crippen LogP contribution >= 0.6 is 0 Å².